The van der Waals surface area contributed by atoms with Crippen molar-refractivity contribution < 1.29 is 0 Å². The number of aryl methyl sites for hydroxylation is 1. The van der Waals surface area contributed by atoms with Crippen molar-refractivity contribution in [2.45, 2.75) is 65.3 Å². The second-order valence-electron chi connectivity index (χ2n) is 5.67. The molecular weight excluding hydrogens is 254 g/mol. The van der Waals surface area contributed by atoms with Crippen LogP contribution < -0.4 is 5.32 Å². The molecule has 0 aromatic carbocycles. The average Bonchev–Trinajstić information content (AvgIpc) is 2.93. The fourth-order valence-electron chi connectivity index (χ4n) is 3.40. The molecule has 0 spiro atoms. The van der Waals surface area contributed by atoms with Gasteiger partial charge in [-0.1, -0.05) is 44.5 Å². The summed E-state index contributed by atoms with van der Waals surface area (Å²) in [5, 5.41) is 8.00. The maximum absolute atomic E-state index is 4.30. The van der Waals surface area contributed by atoms with Gasteiger partial charge in [-0.2, -0.15) is 0 Å². The molecule has 3 nitrogen and oxygen atoms in total. The monoisotopic (exact) mass is 281 g/mol. The molecule has 4 heteroatoms. The first kappa shape index (κ1) is 14.9. The van der Waals surface area contributed by atoms with Gasteiger partial charge in [-0.15, -0.1) is 5.10 Å². The molecule has 0 bridgehead atoms. The summed E-state index contributed by atoms with van der Waals surface area (Å²) in [6.07, 6.45) is 7.87. The van der Waals surface area contributed by atoms with E-state index in [1.807, 2.05) is 0 Å². The van der Waals surface area contributed by atoms with Crippen molar-refractivity contribution in [3.8, 4) is 0 Å². The maximum Gasteiger partial charge on any atom is 0.0801 e. The van der Waals surface area contributed by atoms with E-state index in [1.165, 1.54) is 42.7 Å². The Kier molecular flexibility index (Phi) is 5.76. The lowest BCUT2D eigenvalue weighted by Gasteiger charge is -2.34. The Labute approximate surface area is 121 Å². The van der Waals surface area contributed by atoms with Gasteiger partial charge in [-0.05, 0) is 49.2 Å². The zero-order chi connectivity index (χ0) is 13.7. The van der Waals surface area contributed by atoms with Gasteiger partial charge in [0.05, 0.1) is 10.6 Å². The first-order chi connectivity index (χ1) is 9.30. The van der Waals surface area contributed by atoms with Crippen LogP contribution in [-0.2, 0) is 6.42 Å². The summed E-state index contributed by atoms with van der Waals surface area (Å²) >= 11 is 1.60. The molecule has 2 rings (SSSR count). The molecule has 0 aliphatic heterocycles. The predicted octanol–water partition coefficient (Wildman–Crippen LogP) is 3.97. The topological polar surface area (TPSA) is 37.8 Å². The van der Waals surface area contributed by atoms with Crippen molar-refractivity contribution in [2.75, 3.05) is 6.54 Å². The molecular formula is C15H27N3S. The van der Waals surface area contributed by atoms with Gasteiger partial charge in [0.2, 0.25) is 0 Å². The molecule has 1 aromatic rings. The highest BCUT2D eigenvalue weighted by atomic mass is 32.1. The highest BCUT2D eigenvalue weighted by Crippen LogP contribution is 2.40. The molecule has 1 saturated carbocycles. The van der Waals surface area contributed by atoms with Crippen molar-refractivity contribution in [1.29, 1.82) is 0 Å². The minimum Gasteiger partial charge on any atom is -0.309 e. The summed E-state index contributed by atoms with van der Waals surface area (Å²) in [6.45, 7) is 7.74. The highest BCUT2D eigenvalue weighted by molar-refractivity contribution is 7.05. The smallest absolute Gasteiger partial charge is 0.0801 e. The third kappa shape index (κ3) is 3.54. The lowest BCUT2D eigenvalue weighted by atomic mass is 9.76. The van der Waals surface area contributed by atoms with Crippen molar-refractivity contribution in [3.63, 3.8) is 0 Å². The van der Waals surface area contributed by atoms with E-state index >= 15 is 0 Å². The first-order valence-corrected chi connectivity index (χ1v) is 8.61. The van der Waals surface area contributed by atoms with Crippen LogP contribution in [0.25, 0.3) is 0 Å². The number of nitrogens with one attached hydrogen (secondary N) is 1. The van der Waals surface area contributed by atoms with Crippen LogP contribution in [-0.4, -0.2) is 16.1 Å². The SMILES string of the molecule is CCNC(c1snnc1CC)C1CCCC(CC)C1. The Morgan fingerprint density at radius 1 is 1.32 bits per heavy atom. The van der Waals surface area contributed by atoms with Crippen LogP contribution in [0.5, 0.6) is 0 Å². The van der Waals surface area contributed by atoms with E-state index < -0.39 is 0 Å². The first-order valence-electron chi connectivity index (χ1n) is 7.84. The van der Waals surface area contributed by atoms with E-state index in [9.17, 15) is 0 Å². The predicted molar refractivity (Wildman–Crippen MR) is 81.4 cm³/mol. The molecule has 1 N–H and O–H groups in total. The molecule has 0 radical (unpaired) electrons. The van der Waals surface area contributed by atoms with E-state index in [1.54, 1.807) is 11.5 Å². The van der Waals surface area contributed by atoms with Crippen molar-refractivity contribution in [2.24, 2.45) is 11.8 Å². The van der Waals surface area contributed by atoms with Gasteiger partial charge in [0.15, 0.2) is 0 Å². The molecule has 1 fully saturated rings. The van der Waals surface area contributed by atoms with Crippen LogP contribution in [0, 0.1) is 11.8 Å². The molecule has 19 heavy (non-hydrogen) atoms. The van der Waals surface area contributed by atoms with Gasteiger partial charge in [-0.25, -0.2) is 0 Å². The molecule has 1 aromatic heterocycles. The van der Waals surface area contributed by atoms with E-state index in [0.717, 1.165) is 24.8 Å². The zero-order valence-electron chi connectivity index (χ0n) is 12.5. The molecule has 0 amide bonds. The van der Waals surface area contributed by atoms with Crippen LogP contribution in [0.4, 0.5) is 0 Å². The summed E-state index contributed by atoms with van der Waals surface area (Å²) in [7, 11) is 0. The molecule has 3 unspecified atom stereocenters. The number of hydrogen-bond acceptors (Lipinski definition) is 4. The van der Waals surface area contributed by atoms with E-state index in [0.29, 0.717) is 6.04 Å². The van der Waals surface area contributed by atoms with Crippen LogP contribution in [0.2, 0.25) is 0 Å². The quantitative estimate of drug-likeness (QED) is 0.857. The van der Waals surface area contributed by atoms with Gasteiger partial charge >= 0.3 is 0 Å². The van der Waals surface area contributed by atoms with Crippen LogP contribution in [0.3, 0.4) is 0 Å². The van der Waals surface area contributed by atoms with Gasteiger partial charge in [0.25, 0.3) is 0 Å². The van der Waals surface area contributed by atoms with Crippen LogP contribution in [0.15, 0.2) is 0 Å². The summed E-state index contributed by atoms with van der Waals surface area (Å²) in [5.41, 5.74) is 1.20. The van der Waals surface area contributed by atoms with E-state index in [-0.39, 0.29) is 0 Å². The van der Waals surface area contributed by atoms with Crippen LogP contribution in [0.1, 0.15) is 69.5 Å². The third-order valence-electron chi connectivity index (χ3n) is 4.50. The molecule has 1 heterocycles. The minimum atomic E-state index is 0.481. The van der Waals surface area contributed by atoms with Gasteiger partial charge < -0.3 is 5.32 Å². The van der Waals surface area contributed by atoms with Gasteiger partial charge in [0, 0.05) is 6.04 Å². The minimum absolute atomic E-state index is 0.481. The van der Waals surface area contributed by atoms with Crippen molar-refractivity contribution >= 4 is 11.5 Å². The van der Waals surface area contributed by atoms with Crippen molar-refractivity contribution in [1.82, 2.24) is 14.9 Å². The van der Waals surface area contributed by atoms with Crippen LogP contribution >= 0.6 is 11.5 Å². The summed E-state index contributed by atoms with van der Waals surface area (Å²) in [6, 6.07) is 0.481. The lowest BCUT2D eigenvalue weighted by Crippen LogP contribution is -2.31. The summed E-state index contributed by atoms with van der Waals surface area (Å²) in [5.74, 6) is 1.69. The van der Waals surface area contributed by atoms with Gasteiger partial charge in [0.1, 0.15) is 0 Å². The lowest BCUT2D eigenvalue weighted by molar-refractivity contribution is 0.212. The standard InChI is InChI=1S/C15H27N3S/c1-4-11-8-7-9-12(10-11)14(16-6-3)15-13(5-2)17-18-19-15/h11-12,14,16H,4-10H2,1-3H3. The Morgan fingerprint density at radius 2 is 2.16 bits per heavy atom. The number of hydrogen-bond donors (Lipinski definition) is 1. The Bertz CT molecular complexity index is 377. The second kappa shape index (κ2) is 7.34. The zero-order valence-corrected chi connectivity index (χ0v) is 13.3. The highest BCUT2D eigenvalue weighted by Gasteiger charge is 2.30. The van der Waals surface area contributed by atoms with Crippen molar-refractivity contribution in [3.05, 3.63) is 10.6 Å². The molecule has 0 saturated heterocycles. The average molecular weight is 281 g/mol. The second-order valence-corrected chi connectivity index (χ2v) is 6.46. The third-order valence-corrected chi connectivity index (χ3v) is 5.35. The fraction of sp³-hybridized carbons (Fsp3) is 0.867. The Balaban J connectivity index is 2.15. The molecule has 1 aliphatic carbocycles. The largest absolute Gasteiger partial charge is 0.309 e. The summed E-state index contributed by atoms with van der Waals surface area (Å²) in [4.78, 5) is 1.39. The van der Waals surface area contributed by atoms with Gasteiger partial charge in [-0.3, -0.25) is 0 Å². The Hall–Kier alpha value is -0.480. The fourth-order valence-corrected chi connectivity index (χ4v) is 4.30. The molecule has 1 aliphatic rings. The summed E-state index contributed by atoms with van der Waals surface area (Å²) < 4.78 is 4.18. The normalized spacial score (nSPS) is 25.4. The number of nitrogens with zero attached hydrogens (tertiary/aromatic N) is 2. The van der Waals surface area contributed by atoms with E-state index in [2.05, 4.69) is 35.7 Å². The molecule has 3 atom stereocenters. The Morgan fingerprint density at radius 3 is 2.84 bits per heavy atom. The number of aromatic nitrogens is 2. The molecule has 108 valence electrons. The number of rotatable bonds is 6. The maximum atomic E-state index is 4.30. The van der Waals surface area contributed by atoms with E-state index in [4.69, 9.17) is 0 Å².